The second kappa shape index (κ2) is 5.14. The zero-order valence-electron chi connectivity index (χ0n) is 11.0. The van der Waals surface area contributed by atoms with E-state index in [1.165, 1.54) is 0 Å². The van der Waals surface area contributed by atoms with Crippen molar-refractivity contribution in [1.82, 2.24) is 15.1 Å². The number of hydrogen-bond acceptors (Lipinski definition) is 5. The van der Waals surface area contributed by atoms with Gasteiger partial charge in [0, 0.05) is 11.1 Å². The number of hydrogen-bond donors (Lipinski definition) is 1. The Balaban J connectivity index is 1.90. The highest BCUT2D eigenvalue weighted by Crippen LogP contribution is 2.30. The molecule has 0 aliphatic heterocycles. The summed E-state index contributed by atoms with van der Waals surface area (Å²) < 4.78 is 41.5. The fourth-order valence-corrected chi connectivity index (χ4v) is 1.86. The van der Waals surface area contributed by atoms with E-state index >= 15 is 0 Å². The summed E-state index contributed by atoms with van der Waals surface area (Å²) in [5.74, 6) is -1.11. The summed E-state index contributed by atoms with van der Waals surface area (Å²) in [5.41, 5.74) is 7.46. The molecule has 0 atom stereocenters. The Labute approximate surface area is 122 Å². The number of aromatic nitrogens is 3. The number of rotatable bonds is 2. The van der Waals surface area contributed by atoms with Crippen molar-refractivity contribution in [3.63, 3.8) is 0 Å². The van der Waals surface area contributed by atoms with Crippen molar-refractivity contribution in [3.05, 3.63) is 48.4 Å². The molecule has 0 aliphatic carbocycles. The van der Waals surface area contributed by atoms with Gasteiger partial charge in [0.1, 0.15) is 5.82 Å². The summed E-state index contributed by atoms with van der Waals surface area (Å²) in [7, 11) is 0. The molecule has 3 rings (SSSR count). The predicted molar refractivity (Wildman–Crippen MR) is 72.4 cm³/mol. The van der Waals surface area contributed by atoms with Crippen LogP contribution in [-0.2, 0) is 6.18 Å². The Morgan fingerprint density at radius 2 is 1.59 bits per heavy atom. The molecule has 1 aromatic carbocycles. The van der Waals surface area contributed by atoms with E-state index in [0.29, 0.717) is 17.1 Å². The molecule has 0 saturated carbocycles. The summed E-state index contributed by atoms with van der Waals surface area (Å²) in [6.07, 6.45) is -4.66. The van der Waals surface area contributed by atoms with Gasteiger partial charge in [-0.1, -0.05) is 35.5 Å². The Kier molecular flexibility index (Phi) is 3.28. The molecular formula is C14H9F3N4O. The number of alkyl halides is 3. The topological polar surface area (TPSA) is 77.8 Å². The second-order valence-corrected chi connectivity index (χ2v) is 4.45. The van der Waals surface area contributed by atoms with Crippen molar-refractivity contribution in [3.8, 4) is 22.6 Å². The largest absolute Gasteiger partial charge is 0.471 e. The molecule has 0 saturated heterocycles. The average Bonchev–Trinajstić information content (AvgIpc) is 2.97. The number of nitrogens with zero attached hydrogens (tertiary/aromatic N) is 3. The first-order chi connectivity index (χ1) is 10.4. The van der Waals surface area contributed by atoms with Crippen LogP contribution in [0, 0.1) is 0 Å². The average molecular weight is 306 g/mol. The van der Waals surface area contributed by atoms with Crippen LogP contribution < -0.4 is 5.73 Å². The maximum atomic E-state index is 12.4. The van der Waals surface area contributed by atoms with Gasteiger partial charge in [-0.25, -0.2) is 4.98 Å². The van der Waals surface area contributed by atoms with Gasteiger partial charge in [-0.15, -0.1) is 0 Å². The summed E-state index contributed by atoms with van der Waals surface area (Å²) in [4.78, 5) is 7.49. The molecular weight excluding hydrogens is 297 g/mol. The van der Waals surface area contributed by atoms with Gasteiger partial charge in [-0.05, 0) is 12.1 Å². The van der Waals surface area contributed by atoms with Crippen molar-refractivity contribution in [2.75, 3.05) is 5.73 Å². The minimum atomic E-state index is -4.66. The number of pyridine rings is 1. The molecule has 2 N–H and O–H groups in total. The standard InChI is InChI=1S/C14H9F3N4O/c15-14(16,17)13-20-12(21-22-13)9-6-4-8(5-7-9)10-2-1-3-11(18)19-10/h1-7H,(H2,18,19). The van der Waals surface area contributed by atoms with Gasteiger partial charge in [0.2, 0.25) is 5.82 Å². The van der Waals surface area contributed by atoms with Gasteiger partial charge < -0.3 is 10.3 Å². The molecule has 2 heterocycles. The first kappa shape index (κ1) is 14.1. The van der Waals surface area contributed by atoms with E-state index in [2.05, 4.69) is 19.6 Å². The SMILES string of the molecule is Nc1cccc(-c2ccc(-c3noc(C(F)(F)F)n3)cc2)n1. The highest BCUT2D eigenvalue weighted by molar-refractivity contribution is 5.65. The fraction of sp³-hybridized carbons (Fsp3) is 0.0714. The van der Waals surface area contributed by atoms with Gasteiger partial charge >= 0.3 is 12.1 Å². The van der Waals surface area contributed by atoms with E-state index in [1.54, 1.807) is 42.5 Å². The molecule has 0 aliphatic rings. The highest BCUT2D eigenvalue weighted by atomic mass is 19.4. The minimum Gasteiger partial charge on any atom is -0.384 e. The molecule has 0 amide bonds. The molecule has 3 aromatic rings. The van der Waals surface area contributed by atoms with Gasteiger partial charge in [0.25, 0.3) is 0 Å². The quantitative estimate of drug-likeness (QED) is 0.785. The minimum absolute atomic E-state index is 0.126. The smallest absolute Gasteiger partial charge is 0.384 e. The zero-order chi connectivity index (χ0) is 15.7. The van der Waals surface area contributed by atoms with Crippen LogP contribution in [0.4, 0.5) is 19.0 Å². The van der Waals surface area contributed by atoms with Crippen molar-refractivity contribution in [2.45, 2.75) is 6.18 Å². The summed E-state index contributed by atoms with van der Waals surface area (Å²) in [5, 5.41) is 3.33. The molecule has 0 bridgehead atoms. The lowest BCUT2D eigenvalue weighted by molar-refractivity contribution is -0.159. The summed E-state index contributed by atoms with van der Waals surface area (Å²) in [6.45, 7) is 0. The van der Waals surface area contributed by atoms with E-state index in [0.717, 1.165) is 5.56 Å². The summed E-state index contributed by atoms with van der Waals surface area (Å²) >= 11 is 0. The highest BCUT2D eigenvalue weighted by Gasteiger charge is 2.38. The van der Waals surface area contributed by atoms with Crippen molar-refractivity contribution in [1.29, 1.82) is 0 Å². The van der Waals surface area contributed by atoms with E-state index in [-0.39, 0.29) is 5.82 Å². The molecule has 2 aromatic heterocycles. The molecule has 0 spiro atoms. The van der Waals surface area contributed by atoms with Crippen LogP contribution in [0.2, 0.25) is 0 Å². The van der Waals surface area contributed by atoms with Crippen molar-refractivity contribution < 1.29 is 17.7 Å². The molecule has 22 heavy (non-hydrogen) atoms. The predicted octanol–water partition coefficient (Wildman–Crippen LogP) is 3.40. The fourth-order valence-electron chi connectivity index (χ4n) is 1.86. The van der Waals surface area contributed by atoms with Gasteiger partial charge in [0.05, 0.1) is 5.69 Å². The third-order valence-corrected chi connectivity index (χ3v) is 2.88. The lowest BCUT2D eigenvalue weighted by Crippen LogP contribution is -2.04. The molecule has 0 unspecified atom stereocenters. The monoisotopic (exact) mass is 306 g/mol. The van der Waals surface area contributed by atoms with E-state index in [4.69, 9.17) is 5.73 Å². The summed E-state index contributed by atoms with van der Waals surface area (Å²) in [6, 6.07) is 11.8. The Hall–Kier alpha value is -2.90. The third kappa shape index (κ3) is 2.76. The van der Waals surface area contributed by atoms with Crippen LogP contribution in [0.1, 0.15) is 5.89 Å². The van der Waals surface area contributed by atoms with Crippen molar-refractivity contribution in [2.24, 2.45) is 0 Å². The van der Waals surface area contributed by atoms with Crippen LogP contribution in [0.15, 0.2) is 47.0 Å². The maximum Gasteiger partial charge on any atom is 0.471 e. The molecule has 0 fully saturated rings. The van der Waals surface area contributed by atoms with Crippen LogP contribution in [0.25, 0.3) is 22.6 Å². The molecule has 5 nitrogen and oxygen atoms in total. The van der Waals surface area contributed by atoms with Crippen LogP contribution in [0.3, 0.4) is 0 Å². The van der Waals surface area contributed by atoms with Crippen LogP contribution in [0.5, 0.6) is 0 Å². The van der Waals surface area contributed by atoms with Crippen LogP contribution in [-0.4, -0.2) is 15.1 Å². The zero-order valence-corrected chi connectivity index (χ0v) is 11.0. The van der Waals surface area contributed by atoms with E-state index in [1.807, 2.05) is 0 Å². The van der Waals surface area contributed by atoms with Crippen molar-refractivity contribution >= 4 is 5.82 Å². The number of benzene rings is 1. The lowest BCUT2D eigenvalue weighted by Gasteiger charge is -2.02. The van der Waals surface area contributed by atoms with Gasteiger partial charge in [-0.2, -0.15) is 18.2 Å². The van der Waals surface area contributed by atoms with E-state index < -0.39 is 12.1 Å². The first-order valence-corrected chi connectivity index (χ1v) is 6.18. The van der Waals surface area contributed by atoms with E-state index in [9.17, 15) is 13.2 Å². The lowest BCUT2D eigenvalue weighted by atomic mass is 10.1. The maximum absolute atomic E-state index is 12.4. The molecule has 8 heteroatoms. The van der Waals surface area contributed by atoms with Gasteiger partial charge in [0.15, 0.2) is 0 Å². The van der Waals surface area contributed by atoms with Crippen LogP contribution >= 0.6 is 0 Å². The Morgan fingerprint density at radius 3 is 2.18 bits per heavy atom. The molecule has 0 radical (unpaired) electrons. The number of nitrogens with two attached hydrogens (primary N) is 1. The number of halogens is 3. The Bertz CT molecular complexity index is 796. The third-order valence-electron chi connectivity index (χ3n) is 2.88. The molecule has 112 valence electrons. The van der Waals surface area contributed by atoms with Gasteiger partial charge in [-0.3, -0.25) is 0 Å². The first-order valence-electron chi connectivity index (χ1n) is 6.18. The normalized spacial score (nSPS) is 11.6. The number of anilines is 1. The second-order valence-electron chi connectivity index (χ2n) is 4.45. The Morgan fingerprint density at radius 1 is 0.909 bits per heavy atom. The number of nitrogen functional groups attached to an aromatic ring is 1.